The third kappa shape index (κ3) is 4.25. The number of ether oxygens (including phenoxy) is 2. The molecule has 2 aromatic rings. The van der Waals surface area contributed by atoms with Crippen LogP contribution in [-0.2, 0) is 11.3 Å². The number of para-hydroxylation sites is 1. The average molecular weight is 444 g/mol. The predicted octanol–water partition coefficient (Wildman–Crippen LogP) is 3.58. The van der Waals surface area contributed by atoms with E-state index >= 15 is 0 Å². The van der Waals surface area contributed by atoms with Gasteiger partial charge in [-0.2, -0.15) is 9.78 Å². The molecule has 2 aromatic carbocycles. The van der Waals surface area contributed by atoms with Gasteiger partial charge in [-0.15, -0.1) is 0 Å². The number of carbonyl (C=O) groups excluding carboxylic acids is 1. The van der Waals surface area contributed by atoms with Crippen LogP contribution in [0.25, 0.3) is 16.9 Å². The Kier molecular flexibility index (Phi) is 5.66. The van der Waals surface area contributed by atoms with Crippen molar-refractivity contribution in [1.29, 1.82) is 0 Å². The molecule has 3 aliphatic heterocycles. The van der Waals surface area contributed by atoms with Crippen LogP contribution in [0, 0.1) is 0 Å². The average Bonchev–Trinajstić information content (AvgIpc) is 3.48. The van der Waals surface area contributed by atoms with Crippen molar-refractivity contribution in [2.45, 2.75) is 25.5 Å². The first kappa shape index (κ1) is 21.0. The van der Waals surface area contributed by atoms with Gasteiger partial charge in [0.1, 0.15) is 11.4 Å². The third-order valence-corrected chi connectivity index (χ3v) is 5.75. The first-order chi connectivity index (χ1) is 16.1. The van der Waals surface area contributed by atoms with E-state index in [0.717, 1.165) is 19.4 Å². The highest BCUT2D eigenvalue weighted by atomic mass is 16.5. The predicted molar refractivity (Wildman–Crippen MR) is 124 cm³/mol. The van der Waals surface area contributed by atoms with E-state index in [2.05, 4.69) is 10.4 Å². The molecule has 5 rings (SSSR count). The van der Waals surface area contributed by atoms with E-state index in [-0.39, 0.29) is 17.6 Å². The number of carbonyl (C=O) groups is 1. The number of anilines is 1. The zero-order chi connectivity index (χ0) is 22.8. The molecule has 1 N–H and O–H groups in total. The summed E-state index contributed by atoms with van der Waals surface area (Å²) in [7, 11) is 1.59. The van der Waals surface area contributed by atoms with Gasteiger partial charge in [-0.25, -0.2) is 0 Å². The molecule has 33 heavy (non-hydrogen) atoms. The quantitative estimate of drug-likeness (QED) is 0.491. The number of aromatic nitrogens is 3. The lowest BCUT2D eigenvalue weighted by Gasteiger charge is -2.16. The molecule has 8 nitrogen and oxygen atoms in total. The molecule has 0 saturated carbocycles. The van der Waals surface area contributed by atoms with Crippen molar-refractivity contribution in [2.75, 3.05) is 19.0 Å². The number of nitrogens with zero attached hydrogens (tertiary/aromatic N) is 3. The zero-order valence-electron chi connectivity index (χ0n) is 18.2. The van der Waals surface area contributed by atoms with Crippen LogP contribution in [-0.4, -0.2) is 40.1 Å². The van der Waals surface area contributed by atoms with Gasteiger partial charge in [-0.05, 0) is 49.2 Å². The van der Waals surface area contributed by atoms with Crippen molar-refractivity contribution in [3.63, 3.8) is 0 Å². The fourth-order valence-corrected chi connectivity index (χ4v) is 4.07. The largest absolute Gasteiger partial charge is 0.497 e. The molecule has 1 saturated heterocycles. The summed E-state index contributed by atoms with van der Waals surface area (Å²) in [5.41, 5.74) is 2.07. The van der Waals surface area contributed by atoms with Crippen LogP contribution < -0.4 is 15.6 Å². The Bertz CT molecular complexity index is 1290. The lowest BCUT2D eigenvalue weighted by atomic mass is 10.1. The van der Waals surface area contributed by atoms with Gasteiger partial charge in [0.2, 0.25) is 0 Å². The zero-order valence-corrected chi connectivity index (χ0v) is 18.2. The van der Waals surface area contributed by atoms with E-state index in [1.807, 2.05) is 34.9 Å². The van der Waals surface area contributed by atoms with E-state index in [4.69, 9.17) is 9.47 Å². The number of amides is 1. The van der Waals surface area contributed by atoms with Crippen LogP contribution in [0.1, 0.15) is 23.2 Å². The number of fused-ring (bicyclic) bond motifs is 1. The van der Waals surface area contributed by atoms with Crippen molar-refractivity contribution in [2.24, 2.45) is 0 Å². The summed E-state index contributed by atoms with van der Waals surface area (Å²) in [4.78, 5) is 26.5. The second-order valence-electron chi connectivity index (χ2n) is 8.00. The second kappa shape index (κ2) is 8.91. The normalized spacial score (nSPS) is 15.6. The minimum atomic E-state index is -0.343. The van der Waals surface area contributed by atoms with E-state index < -0.39 is 0 Å². The molecule has 0 radical (unpaired) electrons. The molecule has 0 aliphatic carbocycles. The van der Waals surface area contributed by atoms with Crippen LogP contribution >= 0.6 is 0 Å². The van der Waals surface area contributed by atoms with Crippen LogP contribution in [0.5, 0.6) is 5.75 Å². The fraction of sp³-hybridized carbons (Fsp3) is 0.240. The van der Waals surface area contributed by atoms with Crippen LogP contribution in [0.15, 0.2) is 71.8 Å². The smallest absolute Gasteiger partial charge is 0.282 e. The summed E-state index contributed by atoms with van der Waals surface area (Å²) in [6.07, 6.45) is 5.52. The summed E-state index contributed by atoms with van der Waals surface area (Å²) >= 11 is 0. The molecule has 1 amide bonds. The maximum absolute atomic E-state index is 13.3. The number of pyridine rings is 1. The standard InChI is InChI=1S/C25H24N4O4/c1-32-19-11-9-17(10-12-19)26-24(30)21-15-28(14-20-8-5-13-33-20)16-22-23(21)27-29(25(22)31)18-6-3-2-4-7-18/h2-4,6-7,9-12,15-16,20H,5,8,13-14H2,1H3,(H,26,30)/t20-/m1/s1. The summed E-state index contributed by atoms with van der Waals surface area (Å²) in [6, 6.07) is 16.3. The van der Waals surface area contributed by atoms with Gasteiger partial charge in [0.25, 0.3) is 11.5 Å². The molecule has 3 heterocycles. The first-order valence-electron chi connectivity index (χ1n) is 10.9. The number of hydrogen-bond donors (Lipinski definition) is 1. The molecule has 0 spiro atoms. The Labute approximate surface area is 190 Å². The number of benzene rings is 2. The van der Waals surface area contributed by atoms with Crippen LogP contribution in [0.2, 0.25) is 0 Å². The molecule has 168 valence electrons. The first-order valence-corrected chi connectivity index (χ1v) is 10.9. The molecular weight excluding hydrogens is 420 g/mol. The molecule has 8 heteroatoms. The Morgan fingerprint density at radius 2 is 1.94 bits per heavy atom. The monoisotopic (exact) mass is 444 g/mol. The molecule has 3 aliphatic rings. The molecule has 1 fully saturated rings. The minimum absolute atomic E-state index is 0.0595. The van der Waals surface area contributed by atoms with Gasteiger partial charge in [0, 0.05) is 31.2 Å². The third-order valence-electron chi connectivity index (χ3n) is 5.75. The Morgan fingerprint density at radius 1 is 1.15 bits per heavy atom. The SMILES string of the molecule is COc1ccc(NC(=O)c2cn(C[C@H]3CCCO3)cc3c(=O)n(-c4ccccc4)nc2-3)cc1. The van der Waals surface area contributed by atoms with Gasteiger partial charge in [-0.1, -0.05) is 18.2 Å². The number of hydrogen-bond acceptors (Lipinski definition) is 5. The van der Waals surface area contributed by atoms with Crippen molar-refractivity contribution >= 4 is 11.6 Å². The van der Waals surface area contributed by atoms with Crippen molar-refractivity contribution in [3.05, 3.63) is 82.9 Å². The summed E-state index contributed by atoms with van der Waals surface area (Å²) < 4.78 is 14.1. The van der Waals surface area contributed by atoms with E-state index in [0.29, 0.717) is 40.5 Å². The Hall–Kier alpha value is -3.91. The fourth-order valence-electron chi connectivity index (χ4n) is 4.07. The highest BCUT2D eigenvalue weighted by molar-refractivity contribution is 6.08. The van der Waals surface area contributed by atoms with Gasteiger partial charge in [-0.3, -0.25) is 9.59 Å². The molecular formula is C25H24N4O4. The summed E-state index contributed by atoms with van der Waals surface area (Å²) in [5.74, 6) is 0.353. The lowest BCUT2D eigenvalue weighted by molar-refractivity contribution is 0.0961. The Balaban J connectivity index is 1.56. The van der Waals surface area contributed by atoms with Crippen LogP contribution in [0.3, 0.4) is 0 Å². The van der Waals surface area contributed by atoms with E-state index in [1.165, 1.54) is 4.68 Å². The van der Waals surface area contributed by atoms with Gasteiger partial charge < -0.3 is 19.4 Å². The van der Waals surface area contributed by atoms with Crippen molar-refractivity contribution < 1.29 is 14.3 Å². The summed E-state index contributed by atoms with van der Waals surface area (Å²) in [5, 5.41) is 7.42. The molecule has 1 atom stereocenters. The maximum Gasteiger partial charge on any atom is 0.282 e. The Morgan fingerprint density at radius 3 is 2.64 bits per heavy atom. The topological polar surface area (TPSA) is 87.4 Å². The minimum Gasteiger partial charge on any atom is -0.497 e. The van der Waals surface area contributed by atoms with Gasteiger partial charge in [0.05, 0.1) is 30.0 Å². The number of nitrogens with one attached hydrogen (secondary N) is 1. The summed E-state index contributed by atoms with van der Waals surface area (Å²) in [6.45, 7) is 1.30. The van der Waals surface area contributed by atoms with Crippen LogP contribution in [0.4, 0.5) is 5.69 Å². The molecule has 0 unspecified atom stereocenters. The van der Waals surface area contributed by atoms with Crippen molar-refractivity contribution in [3.8, 4) is 22.7 Å². The van der Waals surface area contributed by atoms with Crippen molar-refractivity contribution in [1.82, 2.24) is 14.3 Å². The number of rotatable bonds is 6. The lowest BCUT2D eigenvalue weighted by Crippen LogP contribution is -2.20. The molecule has 0 bridgehead atoms. The highest BCUT2D eigenvalue weighted by Crippen LogP contribution is 2.25. The highest BCUT2D eigenvalue weighted by Gasteiger charge is 2.26. The second-order valence-corrected chi connectivity index (χ2v) is 8.00. The molecule has 0 aromatic heterocycles. The van der Waals surface area contributed by atoms with Gasteiger partial charge >= 0.3 is 0 Å². The van der Waals surface area contributed by atoms with Gasteiger partial charge in [0.15, 0.2) is 0 Å². The van der Waals surface area contributed by atoms with E-state index in [9.17, 15) is 9.59 Å². The number of methoxy groups -OCH3 is 1. The maximum atomic E-state index is 13.3. The van der Waals surface area contributed by atoms with E-state index in [1.54, 1.807) is 43.8 Å².